The van der Waals surface area contributed by atoms with Gasteiger partial charge in [-0.1, -0.05) is 19.3 Å². The summed E-state index contributed by atoms with van der Waals surface area (Å²) < 4.78 is 3.11. The Hall–Kier alpha value is 0.0400. The highest BCUT2D eigenvalue weighted by Crippen LogP contribution is 2.38. The monoisotopic (exact) mass is 288 g/mol. The quantitative estimate of drug-likeness (QED) is 0.843. The van der Waals surface area contributed by atoms with E-state index in [1.165, 1.54) is 32.1 Å². The second-order valence-electron chi connectivity index (χ2n) is 4.57. The van der Waals surface area contributed by atoms with Gasteiger partial charge in [-0.2, -0.15) is 17.7 Å². The fraction of sp³-hybridized carbons (Fsp3) is 0.727. The molecule has 0 unspecified atom stereocenters. The number of rotatable bonds is 3. The average molecular weight is 289 g/mol. The average Bonchev–Trinajstić information content (AvgIpc) is 2.65. The van der Waals surface area contributed by atoms with Crippen LogP contribution in [-0.2, 0) is 6.54 Å². The maximum Gasteiger partial charge on any atom is 0.0632 e. The van der Waals surface area contributed by atoms with E-state index >= 15 is 0 Å². The van der Waals surface area contributed by atoms with E-state index in [0.29, 0.717) is 5.41 Å². The molecule has 1 heterocycles. The molecular formula is C11H17BrN2S. The van der Waals surface area contributed by atoms with Crippen LogP contribution in [0.4, 0.5) is 0 Å². The summed E-state index contributed by atoms with van der Waals surface area (Å²) in [6, 6.07) is 0. The molecule has 0 saturated heterocycles. The molecule has 0 aliphatic heterocycles. The Morgan fingerprint density at radius 2 is 2.13 bits per heavy atom. The zero-order valence-electron chi connectivity index (χ0n) is 8.82. The van der Waals surface area contributed by atoms with Crippen LogP contribution >= 0.6 is 28.6 Å². The van der Waals surface area contributed by atoms with Gasteiger partial charge in [0.25, 0.3) is 0 Å². The Balaban J connectivity index is 2.06. The van der Waals surface area contributed by atoms with Gasteiger partial charge in [0, 0.05) is 12.7 Å². The first-order valence-corrected chi connectivity index (χ1v) is 6.95. The minimum atomic E-state index is 0.382. The molecule has 1 saturated carbocycles. The van der Waals surface area contributed by atoms with Gasteiger partial charge in [0.1, 0.15) is 0 Å². The van der Waals surface area contributed by atoms with E-state index in [2.05, 4.69) is 39.9 Å². The lowest BCUT2D eigenvalue weighted by Gasteiger charge is -2.35. The van der Waals surface area contributed by atoms with E-state index in [0.717, 1.165) is 16.8 Å². The molecular weight excluding hydrogens is 272 g/mol. The van der Waals surface area contributed by atoms with Crippen LogP contribution in [0, 0.1) is 5.41 Å². The van der Waals surface area contributed by atoms with Crippen LogP contribution in [0.25, 0.3) is 0 Å². The summed E-state index contributed by atoms with van der Waals surface area (Å²) in [5.41, 5.74) is 0.382. The van der Waals surface area contributed by atoms with Gasteiger partial charge in [0.05, 0.1) is 10.7 Å². The summed E-state index contributed by atoms with van der Waals surface area (Å²) in [5, 5.41) is 4.34. The molecule has 0 aromatic carbocycles. The lowest BCUT2D eigenvalue weighted by Crippen LogP contribution is -2.31. The molecule has 15 heavy (non-hydrogen) atoms. The van der Waals surface area contributed by atoms with Crippen molar-refractivity contribution in [3.05, 3.63) is 16.9 Å². The highest BCUT2D eigenvalue weighted by molar-refractivity contribution is 9.10. The summed E-state index contributed by atoms with van der Waals surface area (Å²) in [5.74, 6) is 0.977. The molecule has 0 radical (unpaired) electrons. The minimum absolute atomic E-state index is 0.382. The second kappa shape index (κ2) is 4.91. The van der Waals surface area contributed by atoms with Crippen molar-refractivity contribution in [3.8, 4) is 0 Å². The van der Waals surface area contributed by atoms with Crippen molar-refractivity contribution in [2.45, 2.75) is 38.6 Å². The topological polar surface area (TPSA) is 17.8 Å². The number of halogens is 1. The Morgan fingerprint density at radius 1 is 1.40 bits per heavy atom. The summed E-state index contributed by atoms with van der Waals surface area (Å²) in [7, 11) is 0. The van der Waals surface area contributed by atoms with E-state index in [9.17, 15) is 0 Å². The van der Waals surface area contributed by atoms with Crippen molar-refractivity contribution in [3.63, 3.8) is 0 Å². The number of aromatic nitrogens is 2. The minimum Gasteiger partial charge on any atom is -0.271 e. The number of hydrogen-bond donors (Lipinski definition) is 1. The fourth-order valence-corrected chi connectivity index (χ4v) is 3.18. The molecule has 84 valence electrons. The number of thiol groups is 1. The lowest BCUT2D eigenvalue weighted by atomic mass is 9.75. The summed E-state index contributed by atoms with van der Waals surface area (Å²) in [6.45, 7) is 1.02. The predicted octanol–water partition coefficient (Wildman–Crippen LogP) is 3.53. The van der Waals surface area contributed by atoms with Gasteiger partial charge >= 0.3 is 0 Å². The molecule has 2 rings (SSSR count). The Bertz CT molecular complexity index is 318. The molecule has 4 heteroatoms. The normalized spacial score (nSPS) is 20.4. The van der Waals surface area contributed by atoms with Crippen molar-refractivity contribution >= 4 is 28.6 Å². The van der Waals surface area contributed by atoms with Gasteiger partial charge in [-0.15, -0.1) is 0 Å². The van der Waals surface area contributed by atoms with Gasteiger partial charge in [0.2, 0.25) is 0 Å². The maximum absolute atomic E-state index is 4.53. The third-order valence-corrected chi connectivity index (χ3v) is 4.43. The lowest BCUT2D eigenvalue weighted by molar-refractivity contribution is 0.182. The van der Waals surface area contributed by atoms with Gasteiger partial charge in [-0.05, 0) is 39.9 Å². The molecule has 1 aromatic rings. The molecule has 0 atom stereocenters. The fourth-order valence-electron chi connectivity index (χ4n) is 2.44. The molecule has 0 N–H and O–H groups in total. The molecule has 1 aromatic heterocycles. The van der Waals surface area contributed by atoms with Gasteiger partial charge in [0.15, 0.2) is 0 Å². The predicted molar refractivity (Wildman–Crippen MR) is 69.3 cm³/mol. The third-order valence-electron chi connectivity index (χ3n) is 3.35. The van der Waals surface area contributed by atoms with Crippen LogP contribution in [0.2, 0.25) is 0 Å². The van der Waals surface area contributed by atoms with E-state index in [1.807, 2.05) is 10.9 Å². The highest BCUT2D eigenvalue weighted by atomic mass is 79.9. The van der Waals surface area contributed by atoms with Gasteiger partial charge < -0.3 is 0 Å². The van der Waals surface area contributed by atoms with Crippen molar-refractivity contribution < 1.29 is 0 Å². The van der Waals surface area contributed by atoms with E-state index in [-0.39, 0.29) is 0 Å². The van der Waals surface area contributed by atoms with Crippen molar-refractivity contribution in [1.29, 1.82) is 0 Å². The molecule has 1 fully saturated rings. The first-order valence-electron chi connectivity index (χ1n) is 5.53. The molecule has 2 nitrogen and oxygen atoms in total. The molecule has 0 amide bonds. The van der Waals surface area contributed by atoms with Gasteiger partial charge in [-0.25, -0.2) is 0 Å². The third kappa shape index (κ3) is 2.78. The van der Waals surface area contributed by atoms with Crippen LogP contribution in [0.3, 0.4) is 0 Å². The summed E-state index contributed by atoms with van der Waals surface area (Å²) in [4.78, 5) is 0. The number of nitrogens with zero attached hydrogens (tertiary/aromatic N) is 2. The first-order chi connectivity index (χ1) is 7.24. The van der Waals surface area contributed by atoms with Crippen LogP contribution in [0.1, 0.15) is 32.1 Å². The molecule has 0 bridgehead atoms. The summed E-state index contributed by atoms with van der Waals surface area (Å²) >= 11 is 7.97. The summed E-state index contributed by atoms with van der Waals surface area (Å²) in [6.07, 6.45) is 10.6. The zero-order valence-corrected chi connectivity index (χ0v) is 11.3. The standard InChI is InChI=1S/C11H17BrN2S/c12-10-6-13-14(7-10)8-11(9-15)4-2-1-3-5-11/h6-7,15H,1-5,8-9H2. The van der Waals surface area contributed by atoms with E-state index < -0.39 is 0 Å². The molecule has 0 spiro atoms. The van der Waals surface area contributed by atoms with Crippen molar-refractivity contribution in [2.24, 2.45) is 5.41 Å². The van der Waals surface area contributed by atoms with E-state index in [4.69, 9.17) is 0 Å². The second-order valence-corrected chi connectivity index (χ2v) is 5.81. The van der Waals surface area contributed by atoms with Crippen LogP contribution < -0.4 is 0 Å². The van der Waals surface area contributed by atoms with Gasteiger partial charge in [-0.3, -0.25) is 4.68 Å². The zero-order chi connectivity index (χ0) is 10.7. The molecule has 1 aliphatic carbocycles. The Kier molecular flexibility index (Phi) is 3.78. The van der Waals surface area contributed by atoms with E-state index in [1.54, 1.807) is 0 Å². The first kappa shape index (κ1) is 11.5. The highest BCUT2D eigenvalue weighted by Gasteiger charge is 2.31. The Labute approximate surface area is 105 Å². The van der Waals surface area contributed by atoms with Crippen molar-refractivity contribution in [2.75, 3.05) is 5.75 Å². The van der Waals surface area contributed by atoms with Crippen molar-refractivity contribution in [1.82, 2.24) is 9.78 Å². The van der Waals surface area contributed by atoms with Crippen LogP contribution in [0.15, 0.2) is 16.9 Å². The van der Waals surface area contributed by atoms with Crippen LogP contribution in [0.5, 0.6) is 0 Å². The number of hydrogen-bond acceptors (Lipinski definition) is 2. The SMILES string of the molecule is SCC1(Cn2cc(Br)cn2)CCCCC1. The Morgan fingerprint density at radius 3 is 2.67 bits per heavy atom. The maximum atomic E-state index is 4.53. The largest absolute Gasteiger partial charge is 0.271 e. The smallest absolute Gasteiger partial charge is 0.0632 e. The van der Waals surface area contributed by atoms with Crippen LogP contribution in [-0.4, -0.2) is 15.5 Å². The molecule has 1 aliphatic rings.